The zero-order valence-corrected chi connectivity index (χ0v) is 15.5. The standard InChI is InChI=1S/C21H17F3N4O2/c22-21(23,24)12-9-13(27-19(29)15-5-1-3-7-17(15)25)11-14(10-12)28-20(30)16-6-2-4-8-18(16)26/h1-11H,25-26H2,(H,27,29)(H,28,30). The number of nitrogens with two attached hydrogens (primary N) is 2. The number of halogens is 3. The predicted molar refractivity (Wildman–Crippen MR) is 109 cm³/mol. The molecule has 0 spiro atoms. The van der Waals surface area contributed by atoms with Crippen LogP contribution in [-0.2, 0) is 6.18 Å². The van der Waals surface area contributed by atoms with Crippen LogP contribution in [-0.4, -0.2) is 11.8 Å². The number of alkyl halides is 3. The summed E-state index contributed by atoms with van der Waals surface area (Å²) in [6.45, 7) is 0. The van der Waals surface area contributed by atoms with E-state index < -0.39 is 23.6 Å². The van der Waals surface area contributed by atoms with Gasteiger partial charge in [-0.15, -0.1) is 0 Å². The Hall–Kier alpha value is -4.01. The van der Waals surface area contributed by atoms with Gasteiger partial charge in [0.15, 0.2) is 0 Å². The summed E-state index contributed by atoms with van der Waals surface area (Å²) in [6, 6.07) is 15.0. The highest BCUT2D eigenvalue weighted by molar-refractivity contribution is 6.09. The summed E-state index contributed by atoms with van der Waals surface area (Å²) in [5.74, 6) is -1.37. The number of nitrogens with one attached hydrogen (secondary N) is 2. The molecular weight excluding hydrogens is 397 g/mol. The molecule has 0 fully saturated rings. The second-order valence-corrected chi connectivity index (χ2v) is 6.38. The van der Waals surface area contributed by atoms with Crippen molar-refractivity contribution in [3.8, 4) is 0 Å². The van der Waals surface area contributed by atoms with Crippen LogP contribution in [0.3, 0.4) is 0 Å². The normalized spacial score (nSPS) is 11.0. The lowest BCUT2D eigenvalue weighted by atomic mass is 10.1. The van der Waals surface area contributed by atoms with E-state index in [2.05, 4.69) is 10.6 Å². The largest absolute Gasteiger partial charge is 0.416 e. The van der Waals surface area contributed by atoms with E-state index in [0.29, 0.717) is 0 Å². The van der Waals surface area contributed by atoms with Crippen molar-refractivity contribution in [1.82, 2.24) is 0 Å². The third-order valence-electron chi connectivity index (χ3n) is 4.19. The summed E-state index contributed by atoms with van der Waals surface area (Å²) in [4.78, 5) is 24.8. The van der Waals surface area contributed by atoms with Gasteiger partial charge in [0.1, 0.15) is 0 Å². The Labute approximate surface area is 169 Å². The number of rotatable bonds is 4. The monoisotopic (exact) mass is 414 g/mol. The van der Waals surface area contributed by atoms with Gasteiger partial charge in [0.25, 0.3) is 11.8 Å². The minimum Gasteiger partial charge on any atom is -0.398 e. The van der Waals surface area contributed by atoms with Crippen molar-refractivity contribution >= 4 is 34.6 Å². The van der Waals surface area contributed by atoms with Crippen molar-refractivity contribution in [3.05, 3.63) is 83.4 Å². The van der Waals surface area contributed by atoms with Crippen LogP contribution >= 0.6 is 0 Å². The molecule has 3 aromatic carbocycles. The number of carbonyl (C=O) groups is 2. The summed E-state index contributed by atoms with van der Waals surface area (Å²) in [6.07, 6.45) is -4.70. The third-order valence-corrected chi connectivity index (χ3v) is 4.19. The number of hydrogen-bond acceptors (Lipinski definition) is 4. The fourth-order valence-electron chi connectivity index (χ4n) is 2.74. The van der Waals surface area contributed by atoms with Crippen molar-refractivity contribution in [2.75, 3.05) is 22.1 Å². The number of anilines is 4. The Morgan fingerprint density at radius 2 is 1.10 bits per heavy atom. The lowest BCUT2D eigenvalue weighted by molar-refractivity contribution is -0.137. The molecule has 0 atom stereocenters. The Morgan fingerprint density at radius 3 is 1.47 bits per heavy atom. The molecule has 0 aromatic heterocycles. The second kappa shape index (κ2) is 8.16. The fourth-order valence-corrected chi connectivity index (χ4v) is 2.74. The maximum Gasteiger partial charge on any atom is 0.416 e. The molecule has 3 aromatic rings. The molecule has 0 saturated carbocycles. The van der Waals surface area contributed by atoms with E-state index in [9.17, 15) is 22.8 Å². The summed E-state index contributed by atoms with van der Waals surface area (Å²) in [5, 5.41) is 4.76. The minimum atomic E-state index is -4.70. The fraction of sp³-hybridized carbons (Fsp3) is 0.0476. The van der Waals surface area contributed by atoms with Gasteiger partial charge in [0.2, 0.25) is 0 Å². The van der Waals surface area contributed by atoms with Crippen molar-refractivity contribution < 1.29 is 22.8 Å². The molecule has 0 saturated heterocycles. The van der Waals surface area contributed by atoms with Gasteiger partial charge in [-0.1, -0.05) is 24.3 Å². The maximum absolute atomic E-state index is 13.3. The van der Waals surface area contributed by atoms with Crippen LogP contribution in [0, 0.1) is 0 Å². The Bertz CT molecular complexity index is 1040. The van der Waals surface area contributed by atoms with E-state index in [0.717, 1.165) is 12.1 Å². The van der Waals surface area contributed by atoms with Crippen molar-refractivity contribution in [3.63, 3.8) is 0 Å². The van der Waals surface area contributed by atoms with Gasteiger partial charge < -0.3 is 22.1 Å². The molecular formula is C21H17F3N4O2. The molecule has 0 unspecified atom stereocenters. The van der Waals surface area contributed by atoms with Gasteiger partial charge in [-0.3, -0.25) is 9.59 Å². The lowest BCUT2D eigenvalue weighted by Crippen LogP contribution is -2.17. The molecule has 3 rings (SSSR count). The van der Waals surface area contributed by atoms with Crippen LogP contribution in [0.2, 0.25) is 0 Å². The first-order valence-electron chi connectivity index (χ1n) is 8.69. The van der Waals surface area contributed by atoms with Crippen LogP contribution in [0.1, 0.15) is 26.3 Å². The van der Waals surface area contributed by atoms with Crippen LogP contribution in [0.15, 0.2) is 66.7 Å². The number of para-hydroxylation sites is 2. The van der Waals surface area contributed by atoms with Crippen molar-refractivity contribution in [2.45, 2.75) is 6.18 Å². The maximum atomic E-state index is 13.3. The van der Waals surface area contributed by atoms with Gasteiger partial charge in [0, 0.05) is 22.7 Å². The molecule has 9 heteroatoms. The highest BCUT2D eigenvalue weighted by atomic mass is 19.4. The second-order valence-electron chi connectivity index (χ2n) is 6.38. The molecule has 0 aliphatic carbocycles. The first kappa shape index (κ1) is 20.7. The topological polar surface area (TPSA) is 110 Å². The average Bonchev–Trinajstić information content (AvgIpc) is 2.67. The minimum absolute atomic E-state index is 0.109. The molecule has 0 radical (unpaired) electrons. The summed E-state index contributed by atoms with van der Waals surface area (Å²) < 4.78 is 40.0. The van der Waals surface area contributed by atoms with E-state index in [-0.39, 0.29) is 33.9 Å². The van der Waals surface area contributed by atoms with Crippen LogP contribution in [0.25, 0.3) is 0 Å². The SMILES string of the molecule is Nc1ccccc1C(=O)Nc1cc(NC(=O)c2ccccc2N)cc(C(F)(F)F)c1. The molecule has 0 bridgehead atoms. The highest BCUT2D eigenvalue weighted by Gasteiger charge is 2.31. The Kier molecular flexibility index (Phi) is 5.63. The first-order chi connectivity index (χ1) is 14.1. The van der Waals surface area contributed by atoms with Crippen molar-refractivity contribution in [1.29, 1.82) is 0 Å². The van der Waals surface area contributed by atoms with Gasteiger partial charge in [-0.05, 0) is 42.5 Å². The number of nitrogen functional groups attached to an aromatic ring is 2. The Morgan fingerprint density at radius 1 is 0.700 bits per heavy atom. The molecule has 0 heterocycles. The predicted octanol–water partition coefficient (Wildman–Crippen LogP) is 4.37. The molecule has 6 nitrogen and oxygen atoms in total. The average molecular weight is 414 g/mol. The van der Waals surface area contributed by atoms with Gasteiger partial charge in [0.05, 0.1) is 16.7 Å². The molecule has 2 amide bonds. The lowest BCUT2D eigenvalue weighted by Gasteiger charge is -2.15. The zero-order valence-electron chi connectivity index (χ0n) is 15.5. The third kappa shape index (κ3) is 4.69. The van der Waals surface area contributed by atoms with E-state index in [1.165, 1.54) is 30.3 Å². The number of hydrogen-bond donors (Lipinski definition) is 4. The van der Waals surface area contributed by atoms with E-state index >= 15 is 0 Å². The van der Waals surface area contributed by atoms with Crippen LogP contribution < -0.4 is 22.1 Å². The van der Waals surface area contributed by atoms with Crippen LogP contribution in [0.5, 0.6) is 0 Å². The molecule has 0 aliphatic heterocycles. The van der Waals surface area contributed by atoms with Gasteiger partial charge in [-0.25, -0.2) is 0 Å². The number of benzene rings is 3. The first-order valence-corrected chi connectivity index (χ1v) is 8.69. The van der Waals surface area contributed by atoms with Gasteiger partial charge in [-0.2, -0.15) is 13.2 Å². The molecule has 154 valence electrons. The van der Waals surface area contributed by atoms with Gasteiger partial charge >= 0.3 is 6.18 Å². The van der Waals surface area contributed by atoms with E-state index in [1.54, 1.807) is 24.3 Å². The molecule has 0 aliphatic rings. The number of carbonyl (C=O) groups excluding carboxylic acids is 2. The Balaban J connectivity index is 1.93. The summed E-state index contributed by atoms with van der Waals surface area (Å²) in [7, 11) is 0. The smallest absolute Gasteiger partial charge is 0.398 e. The highest BCUT2D eigenvalue weighted by Crippen LogP contribution is 2.34. The summed E-state index contributed by atoms with van der Waals surface area (Å²) in [5.41, 5.74) is 10.7. The molecule has 30 heavy (non-hydrogen) atoms. The zero-order chi connectivity index (χ0) is 21.9. The number of amides is 2. The quantitative estimate of drug-likeness (QED) is 0.475. The van der Waals surface area contributed by atoms with E-state index in [1.807, 2.05) is 0 Å². The van der Waals surface area contributed by atoms with E-state index in [4.69, 9.17) is 11.5 Å². The van der Waals surface area contributed by atoms with Crippen LogP contribution in [0.4, 0.5) is 35.9 Å². The van der Waals surface area contributed by atoms with Crippen molar-refractivity contribution in [2.24, 2.45) is 0 Å². The summed E-state index contributed by atoms with van der Waals surface area (Å²) >= 11 is 0. The molecule has 6 N–H and O–H groups in total.